The molecule has 1 unspecified atom stereocenters. The van der Waals surface area contributed by atoms with Crippen LogP contribution in [0.4, 0.5) is 0 Å². The Kier molecular flexibility index (Phi) is 2.03. The van der Waals surface area contributed by atoms with Crippen LogP contribution in [-0.4, -0.2) is 19.5 Å². The van der Waals surface area contributed by atoms with E-state index >= 15 is 0 Å². The van der Waals surface area contributed by atoms with Crippen molar-refractivity contribution in [1.29, 1.82) is 0 Å². The van der Waals surface area contributed by atoms with E-state index in [1.165, 1.54) is 24.0 Å². The van der Waals surface area contributed by atoms with Crippen LogP contribution in [0.1, 0.15) is 23.5 Å². The van der Waals surface area contributed by atoms with Crippen LogP contribution in [-0.2, 0) is 15.9 Å². The lowest BCUT2D eigenvalue weighted by Crippen LogP contribution is -2.17. The molecule has 3 rings (SSSR count). The number of fused-ring (bicyclic) bond motifs is 1. The Morgan fingerprint density at radius 3 is 2.71 bits per heavy atom. The van der Waals surface area contributed by atoms with Gasteiger partial charge in [0.1, 0.15) is 0 Å². The Morgan fingerprint density at radius 1 is 1.07 bits per heavy atom. The second kappa shape index (κ2) is 3.37. The first kappa shape index (κ1) is 8.45. The van der Waals surface area contributed by atoms with E-state index in [4.69, 9.17) is 9.47 Å². The lowest BCUT2D eigenvalue weighted by atomic mass is 10.0. The van der Waals surface area contributed by atoms with Gasteiger partial charge in [-0.15, -0.1) is 0 Å². The minimum atomic E-state index is 0.0126. The molecule has 1 saturated heterocycles. The van der Waals surface area contributed by atoms with Gasteiger partial charge in [-0.2, -0.15) is 0 Å². The van der Waals surface area contributed by atoms with E-state index in [1.807, 2.05) is 0 Å². The predicted molar refractivity (Wildman–Crippen MR) is 53.2 cm³/mol. The van der Waals surface area contributed by atoms with Gasteiger partial charge < -0.3 is 9.47 Å². The molecule has 0 spiro atoms. The summed E-state index contributed by atoms with van der Waals surface area (Å²) in [5, 5.41) is 0. The quantitative estimate of drug-likeness (QED) is 0.675. The van der Waals surface area contributed by atoms with Gasteiger partial charge in [0.15, 0.2) is 6.29 Å². The molecule has 1 aliphatic carbocycles. The second-order valence-corrected chi connectivity index (χ2v) is 3.95. The molecule has 0 radical (unpaired) electrons. The van der Waals surface area contributed by atoms with Crippen LogP contribution in [0.15, 0.2) is 24.3 Å². The van der Waals surface area contributed by atoms with E-state index in [-0.39, 0.29) is 6.29 Å². The average molecular weight is 190 g/mol. The molecule has 0 saturated carbocycles. The van der Waals surface area contributed by atoms with Crippen molar-refractivity contribution in [3.63, 3.8) is 0 Å². The number of hydrogen-bond acceptors (Lipinski definition) is 2. The molecule has 2 aliphatic rings. The summed E-state index contributed by atoms with van der Waals surface area (Å²) >= 11 is 0. The van der Waals surface area contributed by atoms with Gasteiger partial charge >= 0.3 is 0 Å². The summed E-state index contributed by atoms with van der Waals surface area (Å²) in [5.41, 5.74) is 2.90. The van der Waals surface area contributed by atoms with Crippen LogP contribution in [0.5, 0.6) is 0 Å². The van der Waals surface area contributed by atoms with Crippen molar-refractivity contribution in [2.75, 3.05) is 13.2 Å². The molecule has 1 aromatic carbocycles. The van der Waals surface area contributed by atoms with Crippen molar-refractivity contribution in [3.8, 4) is 0 Å². The number of rotatable bonds is 1. The van der Waals surface area contributed by atoms with E-state index in [2.05, 4.69) is 24.3 Å². The van der Waals surface area contributed by atoms with Crippen molar-refractivity contribution in [2.24, 2.45) is 0 Å². The van der Waals surface area contributed by atoms with Crippen LogP contribution in [0.25, 0.3) is 0 Å². The first-order chi connectivity index (χ1) is 6.95. The van der Waals surface area contributed by atoms with Crippen molar-refractivity contribution in [3.05, 3.63) is 35.4 Å². The molecule has 1 heterocycles. The number of ether oxygens (including phenoxy) is 2. The lowest BCUT2D eigenvalue weighted by molar-refractivity contribution is -0.0605. The Hall–Kier alpha value is -0.860. The minimum absolute atomic E-state index is 0.0126. The highest BCUT2D eigenvalue weighted by atomic mass is 16.7. The summed E-state index contributed by atoms with van der Waals surface area (Å²) in [6, 6.07) is 8.63. The van der Waals surface area contributed by atoms with Gasteiger partial charge in [-0.3, -0.25) is 0 Å². The van der Waals surface area contributed by atoms with Gasteiger partial charge in [0.2, 0.25) is 0 Å². The average Bonchev–Trinajstić information content (AvgIpc) is 2.85. The predicted octanol–water partition coefficient (Wildman–Crippen LogP) is 2.09. The van der Waals surface area contributed by atoms with Gasteiger partial charge in [0, 0.05) is 5.92 Å². The third-order valence-corrected chi connectivity index (χ3v) is 3.16. The highest BCUT2D eigenvalue weighted by Crippen LogP contribution is 2.37. The summed E-state index contributed by atoms with van der Waals surface area (Å²) in [4.78, 5) is 0. The van der Waals surface area contributed by atoms with Crippen molar-refractivity contribution in [2.45, 2.75) is 25.0 Å². The Balaban J connectivity index is 1.89. The van der Waals surface area contributed by atoms with Gasteiger partial charge in [-0.25, -0.2) is 0 Å². The SMILES string of the molecule is c1ccc2c(c1)CCC2C1OCCO1. The largest absolute Gasteiger partial charge is 0.350 e. The molecule has 1 atom stereocenters. The molecule has 74 valence electrons. The molecule has 0 amide bonds. The standard InChI is InChI=1S/C12H14O2/c1-2-4-10-9(3-1)5-6-11(10)12-13-7-8-14-12/h1-4,11-12H,5-8H2. The third kappa shape index (κ3) is 1.26. The summed E-state index contributed by atoms with van der Waals surface area (Å²) in [6.45, 7) is 1.51. The molecular weight excluding hydrogens is 176 g/mol. The zero-order valence-corrected chi connectivity index (χ0v) is 8.11. The first-order valence-electron chi connectivity index (χ1n) is 5.26. The fraction of sp³-hybridized carbons (Fsp3) is 0.500. The fourth-order valence-electron chi connectivity index (χ4n) is 2.48. The number of aryl methyl sites for hydroxylation is 1. The lowest BCUT2D eigenvalue weighted by Gasteiger charge is -2.17. The second-order valence-electron chi connectivity index (χ2n) is 3.95. The number of benzene rings is 1. The molecule has 0 bridgehead atoms. The van der Waals surface area contributed by atoms with Crippen molar-refractivity contribution in [1.82, 2.24) is 0 Å². The molecule has 2 heteroatoms. The zero-order chi connectivity index (χ0) is 9.38. The first-order valence-corrected chi connectivity index (χ1v) is 5.26. The normalized spacial score (nSPS) is 26.7. The summed E-state index contributed by atoms with van der Waals surface area (Å²) in [6.07, 6.45) is 2.35. The Bertz CT molecular complexity index is 329. The monoisotopic (exact) mass is 190 g/mol. The van der Waals surface area contributed by atoms with Crippen LogP contribution >= 0.6 is 0 Å². The zero-order valence-electron chi connectivity index (χ0n) is 8.11. The van der Waals surface area contributed by atoms with Crippen molar-refractivity contribution >= 4 is 0 Å². The van der Waals surface area contributed by atoms with E-state index in [0.29, 0.717) is 5.92 Å². The van der Waals surface area contributed by atoms with E-state index in [1.54, 1.807) is 0 Å². The molecule has 0 aromatic heterocycles. The molecule has 0 N–H and O–H groups in total. The van der Waals surface area contributed by atoms with Gasteiger partial charge in [-0.05, 0) is 24.0 Å². The molecule has 14 heavy (non-hydrogen) atoms. The summed E-state index contributed by atoms with van der Waals surface area (Å²) < 4.78 is 11.1. The van der Waals surface area contributed by atoms with Crippen LogP contribution in [0.2, 0.25) is 0 Å². The molecule has 2 nitrogen and oxygen atoms in total. The number of hydrogen-bond donors (Lipinski definition) is 0. The van der Waals surface area contributed by atoms with E-state index in [0.717, 1.165) is 13.2 Å². The highest BCUT2D eigenvalue weighted by Gasteiger charge is 2.32. The highest BCUT2D eigenvalue weighted by molar-refractivity contribution is 5.35. The molecule has 1 aliphatic heterocycles. The van der Waals surface area contributed by atoms with E-state index < -0.39 is 0 Å². The van der Waals surface area contributed by atoms with Gasteiger partial charge in [0.05, 0.1) is 13.2 Å². The maximum Gasteiger partial charge on any atom is 0.164 e. The Morgan fingerprint density at radius 2 is 1.86 bits per heavy atom. The third-order valence-electron chi connectivity index (χ3n) is 3.16. The fourth-order valence-corrected chi connectivity index (χ4v) is 2.48. The summed E-state index contributed by atoms with van der Waals surface area (Å²) in [5.74, 6) is 0.466. The van der Waals surface area contributed by atoms with Crippen LogP contribution in [0, 0.1) is 0 Å². The smallest absolute Gasteiger partial charge is 0.164 e. The van der Waals surface area contributed by atoms with Gasteiger partial charge in [0.25, 0.3) is 0 Å². The maximum atomic E-state index is 5.57. The molecule has 1 fully saturated rings. The molecule has 1 aromatic rings. The minimum Gasteiger partial charge on any atom is -0.350 e. The van der Waals surface area contributed by atoms with Crippen LogP contribution in [0.3, 0.4) is 0 Å². The van der Waals surface area contributed by atoms with E-state index in [9.17, 15) is 0 Å². The van der Waals surface area contributed by atoms with Gasteiger partial charge in [-0.1, -0.05) is 24.3 Å². The summed E-state index contributed by atoms with van der Waals surface area (Å²) in [7, 11) is 0. The van der Waals surface area contributed by atoms with Crippen LogP contribution < -0.4 is 0 Å². The molecular formula is C12H14O2. The Labute approximate surface area is 83.8 Å². The van der Waals surface area contributed by atoms with Crippen molar-refractivity contribution < 1.29 is 9.47 Å². The maximum absolute atomic E-state index is 5.57. The topological polar surface area (TPSA) is 18.5 Å².